The smallest absolute Gasteiger partial charge is 0.0187 e. The molecule has 0 bridgehead atoms. The summed E-state index contributed by atoms with van der Waals surface area (Å²) in [6.45, 7) is 5.83. The molecule has 2 aliphatic rings. The minimum atomic E-state index is 0.700. The molecule has 0 spiro atoms. The number of hydrogen-bond donors (Lipinski definition) is 0. The molecule has 1 aliphatic heterocycles. The van der Waals surface area contributed by atoms with Gasteiger partial charge in [-0.2, -0.15) is 0 Å². The van der Waals surface area contributed by atoms with Gasteiger partial charge in [0.15, 0.2) is 0 Å². The molecule has 2 heteroatoms. The molecule has 0 saturated carbocycles. The van der Waals surface area contributed by atoms with Gasteiger partial charge in [0.2, 0.25) is 0 Å². The van der Waals surface area contributed by atoms with E-state index in [1.807, 2.05) is 0 Å². The van der Waals surface area contributed by atoms with Crippen molar-refractivity contribution in [2.75, 3.05) is 19.6 Å². The lowest BCUT2D eigenvalue weighted by molar-refractivity contribution is 0.223. The third kappa shape index (κ3) is 1.97. The number of hydrogen-bond acceptors (Lipinski definition) is 1. The van der Waals surface area contributed by atoms with Crippen molar-refractivity contribution in [1.29, 1.82) is 0 Å². The van der Waals surface area contributed by atoms with E-state index in [0.717, 1.165) is 11.5 Å². The zero-order valence-electron chi connectivity index (χ0n) is 8.09. The summed E-state index contributed by atoms with van der Waals surface area (Å²) >= 11 is 6.03. The van der Waals surface area contributed by atoms with Gasteiger partial charge in [-0.25, -0.2) is 0 Å². The van der Waals surface area contributed by atoms with Crippen molar-refractivity contribution in [1.82, 2.24) is 4.90 Å². The van der Waals surface area contributed by atoms with Gasteiger partial charge in [0.05, 0.1) is 0 Å². The Morgan fingerprint density at radius 2 is 2.38 bits per heavy atom. The van der Waals surface area contributed by atoms with Gasteiger partial charge in [0.25, 0.3) is 0 Å². The topological polar surface area (TPSA) is 3.24 Å². The van der Waals surface area contributed by atoms with Crippen LogP contribution in [-0.4, -0.2) is 24.5 Å². The van der Waals surface area contributed by atoms with Gasteiger partial charge in [-0.3, -0.25) is 0 Å². The number of likely N-dealkylation sites (tertiary alicyclic amines) is 1. The Morgan fingerprint density at radius 1 is 1.54 bits per heavy atom. The van der Waals surface area contributed by atoms with Crippen LogP contribution in [0.4, 0.5) is 0 Å². The van der Waals surface area contributed by atoms with E-state index in [1.165, 1.54) is 26.1 Å². The van der Waals surface area contributed by atoms with Gasteiger partial charge < -0.3 is 4.90 Å². The minimum Gasteiger partial charge on any atom is -0.303 e. The predicted octanol–water partition coefficient (Wildman–Crippen LogP) is 2.78. The molecule has 1 saturated heterocycles. The van der Waals surface area contributed by atoms with E-state index in [0.29, 0.717) is 5.92 Å². The lowest BCUT2D eigenvalue weighted by Gasteiger charge is -2.35. The highest BCUT2D eigenvalue weighted by atomic mass is 35.5. The van der Waals surface area contributed by atoms with Gasteiger partial charge >= 0.3 is 0 Å². The molecule has 1 atom stereocenters. The molecule has 0 amide bonds. The van der Waals surface area contributed by atoms with E-state index in [9.17, 15) is 0 Å². The van der Waals surface area contributed by atoms with E-state index in [-0.39, 0.29) is 0 Å². The van der Waals surface area contributed by atoms with Crippen molar-refractivity contribution in [3.8, 4) is 0 Å². The molecule has 2 rings (SSSR count). The Morgan fingerprint density at radius 3 is 3.15 bits per heavy atom. The Kier molecular flexibility index (Phi) is 2.75. The first-order valence-corrected chi connectivity index (χ1v) is 5.45. The fourth-order valence-corrected chi connectivity index (χ4v) is 2.46. The molecule has 72 valence electrons. The molecule has 1 nitrogen and oxygen atoms in total. The van der Waals surface area contributed by atoms with Crippen LogP contribution in [0.15, 0.2) is 22.8 Å². The van der Waals surface area contributed by atoms with Crippen LogP contribution < -0.4 is 0 Å². The molecule has 0 aromatic heterocycles. The molecule has 1 aliphatic carbocycles. The monoisotopic (exact) mass is 197 g/mol. The van der Waals surface area contributed by atoms with Gasteiger partial charge in [-0.1, -0.05) is 30.2 Å². The summed E-state index contributed by atoms with van der Waals surface area (Å²) in [6, 6.07) is 0. The zero-order chi connectivity index (χ0) is 9.26. The average molecular weight is 198 g/mol. The Labute approximate surface area is 85.1 Å². The van der Waals surface area contributed by atoms with Crippen LogP contribution in [0, 0.1) is 5.92 Å². The van der Waals surface area contributed by atoms with Gasteiger partial charge in [-0.05, 0) is 31.4 Å². The number of allylic oxidation sites excluding steroid dienone is 3. The van der Waals surface area contributed by atoms with E-state index in [1.54, 1.807) is 5.57 Å². The lowest BCUT2D eigenvalue weighted by Crippen LogP contribution is -2.37. The molecule has 1 unspecified atom stereocenters. The second-order valence-corrected chi connectivity index (χ2v) is 4.38. The highest BCUT2D eigenvalue weighted by Gasteiger charge is 2.25. The standard InChI is InChI=1S/C11H16ClN/c1-2-13-6-5-9-3-4-11(12)7-10(9)8-13/h3-4,10H,2,5-8H2,1H3. The number of fused-ring (bicyclic) bond motifs is 1. The highest BCUT2D eigenvalue weighted by Crippen LogP contribution is 2.32. The van der Waals surface area contributed by atoms with Crippen LogP contribution >= 0.6 is 11.6 Å². The summed E-state index contributed by atoms with van der Waals surface area (Å²) in [4.78, 5) is 2.51. The maximum Gasteiger partial charge on any atom is 0.0187 e. The summed E-state index contributed by atoms with van der Waals surface area (Å²) in [5.74, 6) is 0.700. The fourth-order valence-electron chi connectivity index (χ4n) is 2.21. The fraction of sp³-hybridized carbons (Fsp3) is 0.636. The molecular formula is C11H16ClN. The Balaban J connectivity index is 2.07. The number of rotatable bonds is 1. The molecule has 0 radical (unpaired) electrons. The van der Waals surface area contributed by atoms with Crippen molar-refractivity contribution in [3.63, 3.8) is 0 Å². The van der Waals surface area contributed by atoms with E-state index in [2.05, 4.69) is 24.0 Å². The second kappa shape index (κ2) is 3.85. The molecular weight excluding hydrogens is 182 g/mol. The normalized spacial score (nSPS) is 29.2. The summed E-state index contributed by atoms with van der Waals surface area (Å²) in [5, 5.41) is 1.02. The molecule has 0 N–H and O–H groups in total. The summed E-state index contributed by atoms with van der Waals surface area (Å²) < 4.78 is 0. The zero-order valence-corrected chi connectivity index (χ0v) is 8.85. The average Bonchev–Trinajstić information content (AvgIpc) is 2.16. The first-order valence-electron chi connectivity index (χ1n) is 5.07. The minimum absolute atomic E-state index is 0.700. The summed E-state index contributed by atoms with van der Waals surface area (Å²) in [6.07, 6.45) is 6.58. The second-order valence-electron chi connectivity index (χ2n) is 3.90. The van der Waals surface area contributed by atoms with E-state index >= 15 is 0 Å². The Bertz CT molecular complexity index is 255. The van der Waals surface area contributed by atoms with Crippen molar-refractivity contribution < 1.29 is 0 Å². The molecule has 1 fully saturated rings. The summed E-state index contributed by atoms with van der Waals surface area (Å²) in [7, 11) is 0. The van der Waals surface area contributed by atoms with Crippen LogP contribution in [-0.2, 0) is 0 Å². The SMILES string of the molecule is CCN1CCC2=CC=C(Cl)CC2C1. The third-order valence-electron chi connectivity index (χ3n) is 3.09. The van der Waals surface area contributed by atoms with Crippen LogP contribution in [0.25, 0.3) is 0 Å². The number of piperidine rings is 1. The van der Waals surface area contributed by atoms with Gasteiger partial charge in [0.1, 0.15) is 0 Å². The maximum absolute atomic E-state index is 6.03. The molecule has 1 heterocycles. The van der Waals surface area contributed by atoms with Crippen molar-refractivity contribution in [3.05, 3.63) is 22.8 Å². The third-order valence-corrected chi connectivity index (χ3v) is 3.37. The van der Waals surface area contributed by atoms with Gasteiger partial charge in [0, 0.05) is 18.1 Å². The first kappa shape index (κ1) is 9.29. The van der Waals surface area contributed by atoms with Crippen LogP contribution in [0.1, 0.15) is 19.8 Å². The highest BCUT2D eigenvalue weighted by molar-refractivity contribution is 6.29. The predicted molar refractivity (Wildman–Crippen MR) is 56.9 cm³/mol. The van der Waals surface area contributed by atoms with Crippen LogP contribution in [0.2, 0.25) is 0 Å². The summed E-state index contributed by atoms with van der Waals surface area (Å²) in [5.41, 5.74) is 1.61. The molecule has 0 aromatic carbocycles. The maximum atomic E-state index is 6.03. The molecule has 0 aromatic rings. The van der Waals surface area contributed by atoms with E-state index in [4.69, 9.17) is 11.6 Å². The van der Waals surface area contributed by atoms with Crippen LogP contribution in [0.3, 0.4) is 0 Å². The number of halogens is 1. The van der Waals surface area contributed by atoms with Crippen molar-refractivity contribution in [2.24, 2.45) is 5.92 Å². The van der Waals surface area contributed by atoms with Crippen LogP contribution in [0.5, 0.6) is 0 Å². The van der Waals surface area contributed by atoms with E-state index < -0.39 is 0 Å². The quantitative estimate of drug-likeness (QED) is 0.625. The van der Waals surface area contributed by atoms with Crippen molar-refractivity contribution in [2.45, 2.75) is 19.8 Å². The number of nitrogens with zero attached hydrogens (tertiary/aromatic N) is 1. The molecule has 13 heavy (non-hydrogen) atoms. The lowest BCUT2D eigenvalue weighted by atomic mass is 9.86. The largest absolute Gasteiger partial charge is 0.303 e. The van der Waals surface area contributed by atoms with Gasteiger partial charge in [-0.15, -0.1) is 0 Å². The Hall–Kier alpha value is -0.270. The first-order chi connectivity index (χ1) is 6.29. The van der Waals surface area contributed by atoms with Crippen molar-refractivity contribution >= 4 is 11.6 Å².